The Morgan fingerprint density at radius 2 is 1.40 bits per heavy atom. The number of hydrogen-bond donors (Lipinski definition) is 0. The largest absolute Gasteiger partial charge is 0.492 e. The number of rotatable bonds is 4. The lowest BCUT2D eigenvalue weighted by Crippen LogP contribution is -1.99. The summed E-state index contributed by atoms with van der Waals surface area (Å²) >= 11 is 0. The van der Waals surface area contributed by atoms with Crippen LogP contribution in [0.5, 0.6) is 0 Å². The molecule has 0 aromatic heterocycles. The second kappa shape index (κ2) is 15.5. The van der Waals surface area contributed by atoms with Crippen LogP contribution in [0.4, 0.5) is 0 Å². The van der Waals surface area contributed by atoms with E-state index >= 15 is 0 Å². The highest BCUT2D eigenvalue weighted by Crippen LogP contribution is 2.02. The maximum absolute atomic E-state index is 5.28. The highest BCUT2D eigenvalue weighted by molar-refractivity contribution is 5.19. The molecule has 0 aliphatic heterocycles. The first-order valence-electron chi connectivity index (χ1n) is 5.71. The molecule has 0 saturated carbocycles. The third kappa shape index (κ3) is 24.6. The minimum atomic E-state index is 0.192. The van der Waals surface area contributed by atoms with E-state index in [9.17, 15) is 0 Å². The van der Waals surface area contributed by atoms with Crippen molar-refractivity contribution in [3.63, 3.8) is 0 Å². The van der Waals surface area contributed by atoms with Gasteiger partial charge in [-0.2, -0.15) is 0 Å². The summed E-state index contributed by atoms with van der Waals surface area (Å²) in [6, 6.07) is 0. The standard InChI is InChI=1S/C10H16O.2C2H6/c1-8(2)6-7-10(5)11-9(3)4;2*1-2/h6-7,9H,1,5H2,2-4H3;2*1-2H3/b7-6-;;. The molecule has 0 N–H and O–H groups in total. The Kier molecular flexibility index (Phi) is 20.2. The molecular weight excluding hydrogens is 184 g/mol. The van der Waals surface area contributed by atoms with E-state index in [-0.39, 0.29) is 6.10 Å². The summed E-state index contributed by atoms with van der Waals surface area (Å²) in [6.45, 7) is 21.3. The van der Waals surface area contributed by atoms with E-state index in [4.69, 9.17) is 4.74 Å². The summed E-state index contributed by atoms with van der Waals surface area (Å²) < 4.78 is 5.28. The Morgan fingerprint density at radius 1 is 1.00 bits per heavy atom. The SMILES string of the molecule is C=C(C)/C=C\C(=C)OC(C)C.CC.CC. The van der Waals surface area contributed by atoms with Gasteiger partial charge in [0.05, 0.1) is 6.10 Å². The summed E-state index contributed by atoms with van der Waals surface area (Å²) in [4.78, 5) is 0. The molecular formula is C14H28O. The van der Waals surface area contributed by atoms with Crippen molar-refractivity contribution in [2.75, 3.05) is 0 Å². The maximum atomic E-state index is 5.28. The second-order valence-corrected chi connectivity index (χ2v) is 2.81. The minimum Gasteiger partial charge on any atom is -0.492 e. The van der Waals surface area contributed by atoms with Gasteiger partial charge in [0.2, 0.25) is 0 Å². The molecule has 0 heterocycles. The van der Waals surface area contributed by atoms with Gasteiger partial charge in [-0.05, 0) is 26.8 Å². The van der Waals surface area contributed by atoms with Crippen molar-refractivity contribution < 1.29 is 4.74 Å². The third-order valence-electron chi connectivity index (χ3n) is 0.941. The van der Waals surface area contributed by atoms with E-state index in [1.165, 1.54) is 0 Å². The molecule has 0 fully saturated rings. The molecule has 0 saturated heterocycles. The molecule has 0 radical (unpaired) electrons. The van der Waals surface area contributed by atoms with Gasteiger partial charge in [0.1, 0.15) is 5.76 Å². The minimum absolute atomic E-state index is 0.192. The van der Waals surface area contributed by atoms with Crippen LogP contribution in [0.3, 0.4) is 0 Å². The van der Waals surface area contributed by atoms with E-state index in [1.807, 2.05) is 60.6 Å². The highest BCUT2D eigenvalue weighted by atomic mass is 16.5. The monoisotopic (exact) mass is 212 g/mol. The fourth-order valence-electron chi connectivity index (χ4n) is 0.577. The predicted molar refractivity (Wildman–Crippen MR) is 72.0 cm³/mol. The lowest BCUT2D eigenvalue weighted by atomic mass is 10.3. The van der Waals surface area contributed by atoms with E-state index in [1.54, 1.807) is 0 Å². The van der Waals surface area contributed by atoms with Crippen LogP contribution in [-0.2, 0) is 4.74 Å². The molecule has 0 atom stereocenters. The summed E-state index contributed by atoms with van der Waals surface area (Å²) in [5.74, 6) is 0.683. The Bertz CT molecular complexity index is 176. The van der Waals surface area contributed by atoms with Crippen LogP contribution in [0.25, 0.3) is 0 Å². The van der Waals surface area contributed by atoms with Crippen molar-refractivity contribution in [2.45, 2.75) is 54.6 Å². The van der Waals surface area contributed by atoms with Crippen LogP contribution in [0, 0.1) is 0 Å². The zero-order valence-electron chi connectivity index (χ0n) is 11.6. The Hall–Kier alpha value is -0.980. The van der Waals surface area contributed by atoms with Crippen molar-refractivity contribution in [1.29, 1.82) is 0 Å². The van der Waals surface area contributed by atoms with Crippen LogP contribution in [0.2, 0.25) is 0 Å². The van der Waals surface area contributed by atoms with E-state index in [0.717, 1.165) is 5.57 Å². The maximum Gasteiger partial charge on any atom is 0.112 e. The highest BCUT2D eigenvalue weighted by Gasteiger charge is 1.92. The van der Waals surface area contributed by atoms with Crippen molar-refractivity contribution in [2.24, 2.45) is 0 Å². The fourth-order valence-corrected chi connectivity index (χ4v) is 0.577. The Balaban J connectivity index is -0.000000318. The molecule has 0 amide bonds. The zero-order chi connectivity index (χ0) is 12.9. The molecule has 0 aliphatic rings. The van der Waals surface area contributed by atoms with Gasteiger partial charge in [-0.25, -0.2) is 0 Å². The van der Waals surface area contributed by atoms with Gasteiger partial charge in [0.25, 0.3) is 0 Å². The van der Waals surface area contributed by atoms with Crippen LogP contribution >= 0.6 is 0 Å². The fraction of sp³-hybridized carbons (Fsp3) is 0.571. The molecule has 0 aliphatic carbocycles. The molecule has 1 heteroatoms. The van der Waals surface area contributed by atoms with Gasteiger partial charge in [0.15, 0.2) is 0 Å². The second-order valence-electron chi connectivity index (χ2n) is 2.81. The molecule has 0 rings (SSSR count). The van der Waals surface area contributed by atoms with Gasteiger partial charge in [-0.1, -0.05) is 52.5 Å². The quantitative estimate of drug-likeness (QED) is 0.465. The van der Waals surface area contributed by atoms with E-state index < -0.39 is 0 Å². The first kappa shape index (κ1) is 19.6. The summed E-state index contributed by atoms with van der Waals surface area (Å²) in [6.07, 6.45) is 3.89. The average molecular weight is 212 g/mol. The molecule has 1 nitrogen and oxygen atoms in total. The van der Waals surface area contributed by atoms with Crippen molar-refractivity contribution in [3.05, 3.63) is 36.6 Å². The summed E-state index contributed by atoms with van der Waals surface area (Å²) in [7, 11) is 0. The van der Waals surface area contributed by atoms with Gasteiger partial charge in [-0.3, -0.25) is 0 Å². The first-order valence-corrected chi connectivity index (χ1v) is 5.71. The molecule has 0 aromatic carbocycles. The number of ether oxygens (including phenoxy) is 1. The lowest BCUT2D eigenvalue weighted by molar-refractivity contribution is 0.159. The Labute approximate surface area is 96.5 Å². The van der Waals surface area contributed by atoms with Gasteiger partial charge < -0.3 is 4.74 Å². The van der Waals surface area contributed by atoms with Gasteiger partial charge in [-0.15, -0.1) is 0 Å². The van der Waals surface area contributed by atoms with Crippen molar-refractivity contribution in [1.82, 2.24) is 0 Å². The van der Waals surface area contributed by atoms with Crippen LogP contribution < -0.4 is 0 Å². The lowest BCUT2D eigenvalue weighted by Gasteiger charge is -2.08. The van der Waals surface area contributed by atoms with Crippen LogP contribution in [0.15, 0.2) is 36.6 Å². The number of hydrogen-bond acceptors (Lipinski definition) is 1. The molecule has 0 spiro atoms. The normalized spacial score (nSPS) is 8.53. The van der Waals surface area contributed by atoms with Gasteiger partial charge >= 0.3 is 0 Å². The molecule has 0 unspecified atom stereocenters. The Morgan fingerprint density at radius 3 is 1.67 bits per heavy atom. The van der Waals surface area contributed by atoms with Crippen molar-refractivity contribution in [3.8, 4) is 0 Å². The average Bonchev–Trinajstić information content (AvgIpc) is 2.20. The summed E-state index contributed by atoms with van der Waals surface area (Å²) in [5.41, 5.74) is 0.999. The molecule has 0 aromatic rings. The van der Waals surface area contributed by atoms with E-state index in [0.29, 0.717) is 5.76 Å². The van der Waals surface area contributed by atoms with Crippen molar-refractivity contribution >= 4 is 0 Å². The van der Waals surface area contributed by atoms with Crippen LogP contribution in [-0.4, -0.2) is 6.10 Å². The predicted octanol–water partition coefficient (Wildman–Crippen LogP) is 5.11. The smallest absolute Gasteiger partial charge is 0.112 e. The van der Waals surface area contributed by atoms with Gasteiger partial charge in [0, 0.05) is 0 Å². The topological polar surface area (TPSA) is 9.23 Å². The molecule has 15 heavy (non-hydrogen) atoms. The first-order chi connectivity index (χ1) is 7.02. The summed E-state index contributed by atoms with van der Waals surface area (Å²) in [5, 5.41) is 0. The number of allylic oxidation sites excluding steroid dienone is 3. The third-order valence-corrected chi connectivity index (χ3v) is 0.941. The van der Waals surface area contributed by atoms with E-state index in [2.05, 4.69) is 13.2 Å². The van der Waals surface area contributed by atoms with Crippen LogP contribution in [0.1, 0.15) is 48.5 Å². The molecule has 90 valence electrons. The molecule has 0 bridgehead atoms. The zero-order valence-corrected chi connectivity index (χ0v) is 11.6.